The van der Waals surface area contributed by atoms with Gasteiger partial charge in [-0.25, -0.2) is 13.8 Å². The van der Waals surface area contributed by atoms with E-state index in [1.807, 2.05) is 25.4 Å². The molecule has 0 aliphatic rings. The fourth-order valence-electron chi connectivity index (χ4n) is 3.50. The van der Waals surface area contributed by atoms with E-state index in [1.165, 1.54) is 18.5 Å². The van der Waals surface area contributed by atoms with Crippen LogP contribution in [0.1, 0.15) is 30.8 Å². The highest BCUT2D eigenvalue weighted by atomic mass is 19.3. The molecule has 1 atom stereocenters. The van der Waals surface area contributed by atoms with Gasteiger partial charge in [-0.1, -0.05) is 0 Å². The summed E-state index contributed by atoms with van der Waals surface area (Å²) in [6.07, 6.45) is 3.21. The minimum absolute atomic E-state index is 0.306. The quantitative estimate of drug-likeness (QED) is 0.453. The van der Waals surface area contributed by atoms with Crippen molar-refractivity contribution in [3.8, 4) is 17.0 Å². The van der Waals surface area contributed by atoms with Crippen LogP contribution in [0, 0.1) is 0 Å². The normalized spacial score (nSPS) is 12.7. The van der Waals surface area contributed by atoms with E-state index < -0.39 is 12.5 Å². The first-order valence-corrected chi connectivity index (χ1v) is 9.53. The van der Waals surface area contributed by atoms with Crippen molar-refractivity contribution in [1.29, 1.82) is 0 Å². The van der Waals surface area contributed by atoms with Crippen LogP contribution >= 0.6 is 0 Å². The van der Waals surface area contributed by atoms with Crippen LogP contribution < -0.4 is 4.74 Å². The zero-order valence-electron chi connectivity index (χ0n) is 16.6. The zero-order valence-corrected chi connectivity index (χ0v) is 16.6. The van der Waals surface area contributed by atoms with Crippen molar-refractivity contribution in [3.05, 3.63) is 60.4 Å². The fourth-order valence-corrected chi connectivity index (χ4v) is 3.50. The topological polar surface area (TPSA) is 94.4 Å². The predicted octanol–water partition coefficient (Wildman–Crippen LogP) is 4.38. The smallest absolute Gasteiger partial charge is 0.280 e. The number of hydrogen-bond acceptors (Lipinski definition) is 6. The maximum atomic E-state index is 13.3. The van der Waals surface area contributed by atoms with Crippen LogP contribution in [0.15, 0.2) is 49.1 Å². The maximum Gasteiger partial charge on any atom is 0.280 e. The molecular weight excluding hydrogens is 404 g/mol. The Balaban J connectivity index is 1.53. The van der Waals surface area contributed by atoms with Crippen molar-refractivity contribution in [2.75, 3.05) is 0 Å². The van der Waals surface area contributed by atoms with E-state index in [9.17, 15) is 8.78 Å². The van der Waals surface area contributed by atoms with Crippen molar-refractivity contribution < 1.29 is 13.5 Å². The maximum absolute atomic E-state index is 13.3. The van der Waals surface area contributed by atoms with E-state index in [0.29, 0.717) is 22.5 Å². The highest BCUT2D eigenvalue weighted by Gasteiger charge is 2.20. The Bertz CT molecular complexity index is 1400. The second-order valence-corrected chi connectivity index (χ2v) is 7.10. The van der Waals surface area contributed by atoms with E-state index in [1.54, 1.807) is 23.9 Å². The lowest BCUT2D eigenvalue weighted by atomic mass is 10.1. The van der Waals surface area contributed by atoms with Crippen molar-refractivity contribution >= 4 is 21.9 Å². The first-order chi connectivity index (χ1) is 15.0. The van der Waals surface area contributed by atoms with E-state index in [0.717, 1.165) is 22.2 Å². The molecule has 5 rings (SSSR count). The zero-order chi connectivity index (χ0) is 21.5. The van der Waals surface area contributed by atoms with Gasteiger partial charge >= 0.3 is 0 Å². The van der Waals surface area contributed by atoms with Gasteiger partial charge in [-0.05, 0) is 31.2 Å². The molecule has 4 heterocycles. The second-order valence-electron chi connectivity index (χ2n) is 7.10. The molecule has 31 heavy (non-hydrogen) atoms. The molecule has 0 aliphatic carbocycles. The number of aromatic amines is 1. The van der Waals surface area contributed by atoms with Gasteiger partial charge in [-0.2, -0.15) is 10.2 Å². The third-order valence-electron chi connectivity index (χ3n) is 4.94. The molecule has 156 valence electrons. The van der Waals surface area contributed by atoms with Crippen LogP contribution in [0.5, 0.6) is 5.75 Å². The molecule has 8 nitrogen and oxygen atoms in total. The average Bonchev–Trinajstić information content (AvgIpc) is 3.38. The number of pyridine rings is 1. The summed E-state index contributed by atoms with van der Waals surface area (Å²) in [7, 11) is 1.84. The van der Waals surface area contributed by atoms with Crippen LogP contribution in [-0.2, 0) is 7.05 Å². The minimum atomic E-state index is -2.72. The Morgan fingerprint density at radius 1 is 1.13 bits per heavy atom. The third kappa shape index (κ3) is 3.45. The van der Waals surface area contributed by atoms with Crippen LogP contribution in [-0.4, -0.2) is 34.9 Å². The number of hydrogen-bond donors (Lipinski definition) is 1. The average molecular weight is 421 g/mol. The van der Waals surface area contributed by atoms with Crippen LogP contribution in [0.3, 0.4) is 0 Å². The van der Waals surface area contributed by atoms with Crippen molar-refractivity contribution in [2.45, 2.75) is 19.5 Å². The molecule has 0 spiro atoms. The number of alkyl halides is 2. The number of rotatable bonds is 5. The van der Waals surface area contributed by atoms with Gasteiger partial charge in [0, 0.05) is 36.6 Å². The number of aryl methyl sites for hydroxylation is 1. The molecule has 1 unspecified atom stereocenters. The third-order valence-corrected chi connectivity index (χ3v) is 4.94. The number of halogens is 2. The highest BCUT2D eigenvalue weighted by Crippen LogP contribution is 2.32. The van der Waals surface area contributed by atoms with E-state index >= 15 is 0 Å². The van der Waals surface area contributed by atoms with Gasteiger partial charge < -0.3 is 4.74 Å². The molecule has 5 aromatic rings. The molecule has 1 N–H and O–H groups in total. The number of ether oxygens (including phenoxy) is 1. The summed E-state index contributed by atoms with van der Waals surface area (Å²) in [6.45, 7) is 1.74. The van der Waals surface area contributed by atoms with Gasteiger partial charge in [0.25, 0.3) is 6.43 Å². The second kappa shape index (κ2) is 7.38. The number of H-pyrrole nitrogens is 1. The predicted molar refractivity (Wildman–Crippen MR) is 110 cm³/mol. The fraction of sp³-hybridized carbons (Fsp3) is 0.190. The van der Waals surface area contributed by atoms with Crippen LogP contribution in [0.4, 0.5) is 8.78 Å². The van der Waals surface area contributed by atoms with Gasteiger partial charge in [-0.15, -0.1) is 0 Å². The van der Waals surface area contributed by atoms with Crippen molar-refractivity contribution in [2.24, 2.45) is 7.05 Å². The first-order valence-electron chi connectivity index (χ1n) is 9.53. The Morgan fingerprint density at radius 2 is 1.97 bits per heavy atom. The van der Waals surface area contributed by atoms with Crippen molar-refractivity contribution in [3.63, 3.8) is 0 Å². The first kappa shape index (κ1) is 19.0. The number of fused-ring (bicyclic) bond motifs is 2. The largest absolute Gasteiger partial charge is 0.484 e. The van der Waals surface area contributed by atoms with E-state index in [4.69, 9.17) is 4.74 Å². The molecule has 0 bridgehead atoms. The van der Waals surface area contributed by atoms with Gasteiger partial charge in [-0.3, -0.25) is 19.7 Å². The van der Waals surface area contributed by atoms with Gasteiger partial charge in [0.1, 0.15) is 34.5 Å². The molecule has 0 saturated carbocycles. The molecule has 10 heteroatoms. The molecule has 0 amide bonds. The summed E-state index contributed by atoms with van der Waals surface area (Å²) in [5, 5.41) is 12.4. The summed E-state index contributed by atoms with van der Waals surface area (Å²) in [5.41, 5.74) is 3.18. The molecule has 0 aliphatic heterocycles. The van der Waals surface area contributed by atoms with Crippen LogP contribution in [0.25, 0.3) is 33.2 Å². The number of aromatic nitrogens is 7. The van der Waals surface area contributed by atoms with E-state index in [2.05, 4.69) is 30.2 Å². The standard InChI is InChI=1S/C21H17F2N7O/c1-11(18-20-16(24-5-6-25-20)8-17(27-18)21(22)23)31-13-3-4-15-14(7-13)19(29-28-15)12-9-26-30(2)10-12/h3-11,21H,1-2H3,(H,28,29). The molecule has 0 radical (unpaired) electrons. The summed E-state index contributed by atoms with van der Waals surface area (Å²) >= 11 is 0. The Hall–Kier alpha value is -3.95. The molecule has 1 aromatic carbocycles. The number of benzene rings is 1. The summed E-state index contributed by atoms with van der Waals surface area (Å²) in [5.74, 6) is 0.549. The Labute approximate surface area is 174 Å². The lowest BCUT2D eigenvalue weighted by molar-refractivity contribution is 0.144. The summed E-state index contributed by atoms with van der Waals surface area (Å²) in [6, 6.07) is 6.74. The van der Waals surface area contributed by atoms with E-state index in [-0.39, 0.29) is 5.69 Å². The molecule has 0 saturated heterocycles. The Kier molecular flexibility index (Phi) is 4.54. The lowest BCUT2D eigenvalue weighted by Gasteiger charge is -2.16. The lowest BCUT2D eigenvalue weighted by Crippen LogP contribution is -2.09. The van der Waals surface area contributed by atoms with Crippen molar-refractivity contribution in [1.82, 2.24) is 34.9 Å². The summed E-state index contributed by atoms with van der Waals surface area (Å²) < 4.78 is 34.5. The SMILES string of the molecule is CC(Oc1ccc2[nH]nc(-c3cnn(C)c3)c2c1)c1nc(C(F)F)cc2nccnc12. The molecule has 0 fully saturated rings. The monoisotopic (exact) mass is 421 g/mol. The number of nitrogens with zero attached hydrogens (tertiary/aromatic N) is 6. The summed E-state index contributed by atoms with van der Waals surface area (Å²) in [4.78, 5) is 12.5. The molecular formula is C21H17F2N7O. The van der Waals surface area contributed by atoms with Gasteiger partial charge in [0.05, 0.1) is 17.2 Å². The minimum Gasteiger partial charge on any atom is -0.484 e. The van der Waals surface area contributed by atoms with Crippen LogP contribution in [0.2, 0.25) is 0 Å². The Morgan fingerprint density at radius 3 is 2.74 bits per heavy atom. The van der Waals surface area contributed by atoms with Gasteiger partial charge in [0.2, 0.25) is 0 Å². The highest BCUT2D eigenvalue weighted by molar-refractivity contribution is 5.93. The number of nitrogens with one attached hydrogen (secondary N) is 1. The molecule has 4 aromatic heterocycles. The van der Waals surface area contributed by atoms with Gasteiger partial charge in [0.15, 0.2) is 0 Å².